The Morgan fingerprint density at radius 3 is 2.38 bits per heavy atom. The lowest BCUT2D eigenvalue weighted by Gasteiger charge is -2.25. The summed E-state index contributed by atoms with van der Waals surface area (Å²) < 4.78 is 39.8. The zero-order valence-electron chi connectivity index (χ0n) is 12.6. The lowest BCUT2D eigenvalue weighted by molar-refractivity contribution is -0.169. The van der Waals surface area contributed by atoms with Gasteiger partial charge in [0.25, 0.3) is 0 Å². The number of alkyl halides is 3. The molecule has 2 rings (SSSR count). The van der Waals surface area contributed by atoms with E-state index in [4.69, 9.17) is 5.11 Å². The van der Waals surface area contributed by atoms with Gasteiger partial charge in [0.05, 0.1) is 0 Å². The number of likely N-dealkylation sites (tertiary alicyclic amines) is 1. The average molecular weight is 343 g/mol. The second-order valence-electron chi connectivity index (χ2n) is 5.61. The van der Waals surface area contributed by atoms with Crippen LogP contribution >= 0.6 is 0 Å². The molecule has 0 spiro atoms. The van der Waals surface area contributed by atoms with Crippen molar-refractivity contribution in [2.45, 2.75) is 31.5 Å². The number of benzene rings is 1. The van der Waals surface area contributed by atoms with Gasteiger partial charge in [0.2, 0.25) is 5.91 Å². The minimum absolute atomic E-state index is 0.0832. The van der Waals surface area contributed by atoms with Crippen LogP contribution in [-0.2, 0) is 9.59 Å². The number of hydrogen-bond acceptors (Lipinski definition) is 3. The number of halogens is 3. The van der Waals surface area contributed by atoms with Crippen LogP contribution in [0, 0.1) is 5.92 Å². The Hall–Kier alpha value is -2.38. The minimum atomic E-state index is -4.89. The predicted molar refractivity (Wildman–Crippen MR) is 77.3 cm³/mol. The van der Waals surface area contributed by atoms with Gasteiger partial charge in [-0.15, -0.1) is 0 Å². The van der Waals surface area contributed by atoms with E-state index in [2.05, 4.69) is 0 Å². The minimum Gasteiger partial charge on any atom is -0.480 e. The van der Waals surface area contributed by atoms with Crippen LogP contribution in [0.15, 0.2) is 30.3 Å². The van der Waals surface area contributed by atoms with Gasteiger partial charge in [-0.25, -0.2) is 4.79 Å². The van der Waals surface area contributed by atoms with Crippen LogP contribution in [0.25, 0.3) is 0 Å². The number of carbonyl (C=O) groups excluding carboxylic acids is 2. The fourth-order valence-electron chi connectivity index (χ4n) is 2.77. The van der Waals surface area contributed by atoms with E-state index >= 15 is 0 Å². The van der Waals surface area contributed by atoms with Crippen LogP contribution in [0.3, 0.4) is 0 Å². The summed E-state index contributed by atoms with van der Waals surface area (Å²) in [5, 5.41) is 9.03. The fraction of sp³-hybridized carbons (Fsp3) is 0.438. The third kappa shape index (κ3) is 3.93. The molecule has 0 aromatic heterocycles. The highest BCUT2D eigenvalue weighted by atomic mass is 19.4. The number of carboxylic acids is 1. The van der Waals surface area contributed by atoms with Crippen molar-refractivity contribution in [2.75, 3.05) is 6.54 Å². The number of rotatable bonds is 5. The standard InChI is InChI=1S/C16H16F3NO4/c17-16(18,19)11(14(22)10-5-2-1-3-6-10)9-13(21)20-8-4-7-12(20)15(23)24/h1-3,5-6,11-12H,4,7-9H2,(H,23,24)/t11?,12-/m0/s1. The summed E-state index contributed by atoms with van der Waals surface area (Å²) in [5.41, 5.74) is -0.135. The third-order valence-electron chi connectivity index (χ3n) is 4.01. The van der Waals surface area contributed by atoms with Gasteiger partial charge in [-0.05, 0) is 12.8 Å². The predicted octanol–water partition coefficient (Wildman–Crippen LogP) is 2.51. The molecule has 0 radical (unpaired) electrons. The van der Waals surface area contributed by atoms with Crippen molar-refractivity contribution < 1.29 is 32.7 Å². The SMILES string of the molecule is O=C(c1ccccc1)C(CC(=O)N1CCC[C@H]1C(=O)O)C(F)(F)F. The molecule has 1 amide bonds. The van der Waals surface area contributed by atoms with Gasteiger partial charge in [0.15, 0.2) is 5.78 Å². The lowest BCUT2D eigenvalue weighted by Crippen LogP contribution is -2.43. The Morgan fingerprint density at radius 2 is 1.83 bits per heavy atom. The summed E-state index contributed by atoms with van der Waals surface area (Å²) in [6, 6.07) is 5.81. The molecule has 5 nitrogen and oxygen atoms in total. The van der Waals surface area contributed by atoms with Crippen molar-refractivity contribution in [2.24, 2.45) is 5.92 Å². The van der Waals surface area contributed by atoms with Crippen molar-refractivity contribution in [3.05, 3.63) is 35.9 Å². The number of ketones is 1. The summed E-state index contributed by atoms with van der Waals surface area (Å²) >= 11 is 0. The first-order valence-electron chi connectivity index (χ1n) is 7.40. The Balaban J connectivity index is 2.19. The van der Waals surface area contributed by atoms with E-state index in [1.54, 1.807) is 6.07 Å². The second kappa shape index (κ2) is 7.02. The summed E-state index contributed by atoms with van der Waals surface area (Å²) in [6.07, 6.45) is -5.36. The summed E-state index contributed by atoms with van der Waals surface area (Å²) in [4.78, 5) is 36.3. The number of Topliss-reactive ketones (excluding diaryl/α,β-unsaturated/α-hetero) is 1. The topological polar surface area (TPSA) is 74.7 Å². The molecule has 0 aliphatic carbocycles. The number of aliphatic carboxylic acids is 1. The van der Waals surface area contributed by atoms with Gasteiger partial charge >= 0.3 is 12.1 Å². The van der Waals surface area contributed by atoms with E-state index in [9.17, 15) is 27.6 Å². The molecule has 8 heteroatoms. The largest absolute Gasteiger partial charge is 0.480 e. The molecule has 1 fully saturated rings. The van der Waals surface area contributed by atoms with Gasteiger partial charge in [-0.1, -0.05) is 30.3 Å². The molecule has 1 aromatic rings. The molecule has 2 atom stereocenters. The lowest BCUT2D eigenvalue weighted by atomic mass is 9.93. The average Bonchev–Trinajstić information content (AvgIpc) is 3.01. The van der Waals surface area contributed by atoms with Gasteiger partial charge in [0, 0.05) is 18.5 Å². The quantitative estimate of drug-likeness (QED) is 0.834. The van der Waals surface area contributed by atoms with E-state index in [-0.39, 0.29) is 18.5 Å². The summed E-state index contributed by atoms with van der Waals surface area (Å²) in [6.45, 7) is 0.0832. The van der Waals surface area contributed by atoms with E-state index in [0.29, 0.717) is 6.42 Å². The van der Waals surface area contributed by atoms with Crippen molar-refractivity contribution >= 4 is 17.7 Å². The van der Waals surface area contributed by atoms with Crippen LogP contribution in [-0.4, -0.2) is 46.4 Å². The molecule has 1 unspecified atom stereocenters. The number of amides is 1. The summed E-state index contributed by atoms with van der Waals surface area (Å²) in [7, 11) is 0. The zero-order chi connectivity index (χ0) is 17.9. The molecule has 0 bridgehead atoms. The molecule has 1 aromatic carbocycles. The highest BCUT2D eigenvalue weighted by Crippen LogP contribution is 2.33. The molecule has 24 heavy (non-hydrogen) atoms. The first-order chi connectivity index (χ1) is 11.2. The normalized spacial score (nSPS) is 19.1. The third-order valence-corrected chi connectivity index (χ3v) is 4.01. The number of carbonyl (C=O) groups is 3. The van der Waals surface area contributed by atoms with Crippen LogP contribution in [0.4, 0.5) is 13.2 Å². The maximum Gasteiger partial charge on any atom is 0.399 e. The Morgan fingerprint density at radius 1 is 1.21 bits per heavy atom. The van der Waals surface area contributed by atoms with Crippen LogP contribution in [0.2, 0.25) is 0 Å². The van der Waals surface area contributed by atoms with Crippen molar-refractivity contribution in [1.29, 1.82) is 0 Å². The molecule has 130 valence electrons. The van der Waals surface area contributed by atoms with Gasteiger partial charge in [0.1, 0.15) is 12.0 Å². The van der Waals surface area contributed by atoms with Crippen molar-refractivity contribution in [3.63, 3.8) is 0 Å². The van der Waals surface area contributed by atoms with E-state index < -0.39 is 42.2 Å². The Bertz CT molecular complexity index is 630. The highest BCUT2D eigenvalue weighted by molar-refractivity contribution is 6.00. The first-order valence-corrected chi connectivity index (χ1v) is 7.40. The van der Waals surface area contributed by atoms with Crippen molar-refractivity contribution in [3.8, 4) is 0 Å². The van der Waals surface area contributed by atoms with Crippen molar-refractivity contribution in [1.82, 2.24) is 4.90 Å². The molecule has 1 aliphatic heterocycles. The van der Waals surface area contributed by atoms with E-state index in [1.165, 1.54) is 24.3 Å². The van der Waals surface area contributed by atoms with Gasteiger partial charge in [-0.3, -0.25) is 9.59 Å². The van der Waals surface area contributed by atoms with Gasteiger partial charge in [-0.2, -0.15) is 13.2 Å². The molecular weight excluding hydrogens is 327 g/mol. The molecule has 1 aliphatic rings. The first kappa shape index (κ1) is 18.0. The Labute approximate surface area is 136 Å². The number of hydrogen-bond donors (Lipinski definition) is 1. The smallest absolute Gasteiger partial charge is 0.399 e. The molecule has 1 saturated heterocycles. The monoisotopic (exact) mass is 343 g/mol. The zero-order valence-corrected chi connectivity index (χ0v) is 12.6. The molecular formula is C16H16F3NO4. The van der Waals surface area contributed by atoms with Crippen LogP contribution in [0.1, 0.15) is 29.6 Å². The number of carboxylic acid groups (broad SMARTS) is 1. The van der Waals surface area contributed by atoms with Crippen LogP contribution in [0.5, 0.6) is 0 Å². The fourth-order valence-corrected chi connectivity index (χ4v) is 2.77. The number of nitrogens with zero attached hydrogens (tertiary/aromatic N) is 1. The van der Waals surface area contributed by atoms with Crippen LogP contribution < -0.4 is 0 Å². The Kier molecular flexibility index (Phi) is 5.26. The second-order valence-corrected chi connectivity index (χ2v) is 5.61. The van der Waals surface area contributed by atoms with E-state index in [1.807, 2.05) is 0 Å². The van der Waals surface area contributed by atoms with E-state index in [0.717, 1.165) is 4.90 Å². The molecule has 1 N–H and O–H groups in total. The maximum absolute atomic E-state index is 13.3. The molecule has 1 heterocycles. The highest BCUT2D eigenvalue weighted by Gasteiger charge is 2.47. The van der Waals surface area contributed by atoms with Gasteiger partial charge < -0.3 is 10.0 Å². The maximum atomic E-state index is 13.3. The summed E-state index contributed by atoms with van der Waals surface area (Å²) in [5.74, 6) is -5.89. The molecule has 0 saturated carbocycles.